The predicted molar refractivity (Wildman–Crippen MR) is 146 cm³/mol. The monoisotopic (exact) mass is 519 g/mol. The molecule has 0 radical (unpaired) electrons. The maximum Gasteiger partial charge on any atom is 0.300 e. The van der Waals surface area contributed by atoms with Gasteiger partial charge in [0.25, 0.3) is 11.7 Å². The van der Waals surface area contributed by atoms with Crippen LogP contribution in [0.4, 0.5) is 5.69 Å². The molecule has 0 spiro atoms. The van der Waals surface area contributed by atoms with Gasteiger partial charge in [-0.3, -0.25) is 14.5 Å². The van der Waals surface area contributed by atoms with Crippen molar-refractivity contribution in [1.29, 1.82) is 0 Å². The summed E-state index contributed by atoms with van der Waals surface area (Å²) in [6.45, 7) is 8.48. The number of carbonyl (C=O) groups excluding carboxylic acids is 2. The van der Waals surface area contributed by atoms with E-state index in [0.717, 1.165) is 5.56 Å². The molecule has 0 aliphatic carbocycles. The Balaban J connectivity index is 2.00. The highest BCUT2D eigenvalue weighted by Crippen LogP contribution is 2.44. The van der Waals surface area contributed by atoms with Crippen LogP contribution in [-0.4, -0.2) is 30.5 Å². The van der Waals surface area contributed by atoms with Crippen molar-refractivity contribution in [3.63, 3.8) is 0 Å². The van der Waals surface area contributed by atoms with Crippen LogP contribution in [0.1, 0.15) is 50.4 Å². The molecule has 0 saturated carbocycles. The third-order valence-electron chi connectivity index (χ3n) is 6.34. The van der Waals surface area contributed by atoms with Gasteiger partial charge in [0.2, 0.25) is 0 Å². The molecular weight excluding hydrogens is 490 g/mol. The Hall–Kier alpha value is -3.77. The van der Waals surface area contributed by atoms with Crippen molar-refractivity contribution in [1.82, 2.24) is 0 Å². The van der Waals surface area contributed by atoms with Gasteiger partial charge in [0.05, 0.1) is 30.9 Å². The largest absolute Gasteiger partial charge is 0.507 e. The SMILES string of the molecule is CCOc1cccc(C2/C(=C(\O)c3cc(C(C)(C)C)ccc3OC)C(=O)C(=O)N2c2cccc(Cl)c2)c1. The number of hydrogen-bond donors (Lipinski definition) is 1. The van der Waals surface area contributed by atoms with E-state index in [2.05, 4.69) is 20.8 Å². The van der Waals surface area contributed by atoms with Gasteiger partial charge in [-0.2, -0.15) is 0 Å². The van der Waals surface area contributed by atoms with Crippen LogP contribution in [0.15, 0.2) is 72.3 Å². The highest BCUT2D eigenvalue weighted by molar-refractivity contribution is 6.51. The van der Waals surface area contributed by atoms with Crippen molar-refractivity contribution >= 4 is 34.7 Å². The number of aliphatic hydroxyl groups is 1. The molecule has 1 fully saturated rings. The summed E-state index contributed by atoms with van der Waals surface area (Å²) >= 11 is 6.24. The molecule has 192 valence electrons. The highest BCUT2D eigenvalue weighted by Gasteiger charge is 2.47. The number of rotatable bonds is 6. The van der Waals surface area contributed by atoms with E-state index in [1.54, 1.807) is 60.7 Å². The third-order valence-corrected chi connectivity index (χ3v) is 6.57. The molecule has 1 atom stereocenters. The summed E-state index contributed by atoms with van der Waals surface area (Å²) in [6, 6.07) is 18.4. The molecule has 6 nitrogen and oxygen atoms in total. The number of benzene rings is 3. The summed E-state index contributed by atoms with van der Waals surface area (Å²) in [5.74, 6) is -0.892. The van der Waals surface area contributed by atoms with Crippen molar-refractivity contribution in [2.24, 2.45) is 0 Å². The van der Waals surface area contributed by atoms with Crippen molar-refractivity contribution in [2.45, 2.75) is 39.2 Å². The Bertz CT molecular complexity index is 1390. The minimum Gasteiger partial charge on any atom is -0.507 e. The molecule has 37 heavy (non-hydrogen) atoms. The quantitative estimate of drug-likeness (QED) is 0.223. The van der Waals surface area contributed by atoms with Crippen LogP contribution in [0.25, 0.3) is 5.76 Å². The first-order valence-corrected chi connectivity index (χ1v) is 12.4. The molecule has 1 unspecified atom stereocenters. The summed E-state index contributed by atoms with van der Waals surface area (Å²) in [4.78, 5) is 28.4. The fraction of sp³-hybridized carbons (Fsp3) is 0.267. The number of Topliss-reactive ketones (excluding diaryl/α,β-unsaturated/α-hetero) is 1. The second-order valence-electron chi connectivity index (χ2n) is 9.82. The summed E-state index contributed by atoms with van der Waals surface area (Å²) in [6.07, 6.45) is 0. The fourth-order valence-corrected chi connectivity index (χ4v) is 4.67. The van der Waals surface area contributed by atoms with Gasteiger partial charge in [-0.15, -0.1) is 0 Å². The lowest BCUT2D eigenvalue weighted by Crippen LogP contribution is -2.29. The highest BCUT2D eigenvalue weighted by atomic mass is 35.5. The van der Waals surface area contributed by atoms with Gasteiger partial charge < -0.3 is 14.6 Å². The molecule has 0 aromatic heterocycles. The summed E-state index contributed by atoms with van der Waals surface area (Å²) in [7, 11) is 1.50. The summed E-state index contributed by atoms with van der Waals surface area (Å²) < 4.78 is 11.2. The lowest BCUT2D eigenvalue weighted by atomic mass is 9.85. The van der Waals surface area contributed by atoms with E-state index in [0.29, 0.717) is 39.9 Å². The fourth-order valence-electron chi connectivity index (χ4n) is 4.49. The van der Waals surface area contributed by atoms with Gasteiger partial charge in [0.15, 0.2) is 0 Å². The number of carbonyl (C=O) groups is 2. The molecule has 1 amide bonds. The summed E-state index contributed by atoms with van der Waals surface area (Å²) in [5.41, 5.74) is 2.06. The Morgan fingerprint density at radius 3 is 2.41 bits per heavy atom. The second-order valence-corrected chi connectivity index (χ2v) is 10.3. The maximum atomic E-state index is 13.6. The number of hydrogen-bond acceptors (Lipinski definition) is 5. The molecular formula is C30H30ClNO5. The van der Waals surface area contributed by atoms with Crippen LogP contribution < -0.4 is 14.4 Å². The molecule has 7 heteroatoms. The average molecular weight is 520 g/mol. The van der Waals surface area contributed by atoms with Gasteiger partial charge in [0.1, 0.15) is 17.3 Å². The second kappa shape index (κ2) is 10.3. The standard InChI is InChI=1S/C30H30ClNO5/c1-6-37-22-12-7-9-18(15-22)26-25(28(34)29(35)32(26)21-11-8-10-20(31)17-21)27(33)23-16-19(30(2,3)4)13-14-24(23)36-5/h7-17,26,33H,6H2,1-5H3/b27-25+. The third kappa shape index (κ3) is 5.07. The molecule has 1 aliphatic rings. The lowest BCUT2D eigenvalue weighted by Gasteiger charge is -2.26. The predicted octanol–water partition coefficient (Wildman–Crippen LogP) is 6.67. The van der Waals surface area contributed by atoms with Crippen LogP contribution in [0.5, 0.6) is 11.5 Å². The Kier molecular flexibility index (Phi) is 7.32. The van der Waals surface area contributed by atoms with E-state index in [9.17, 15) is 14.7 Å². The zero-order valence-corrected chi connectivity index (χ0v) is 22.3. The molecule has 1 N–H and O–H groups in total. The van der Waals surface area contributed by atoms with Crippen LogP contribution >= 0.6 is 11.6 Å². The minimum atomic E-state index is -0.915. The molecule has 1 heterocycles. The number of ether oxygens (including phenoxy) is 2. The normalized spacial score (nSPS) is 17.2. The van der Waals surface area contributed by atoms with Crippen molar-refractivity contribution in [2.75, 3.05) is 18.6 Å². The molecule has 0 bridgehead atoms. The van der Waals surface area contributed by atoms with E-state index < -0.39 is 17.7 Å². The van der Waals surface area contributed by atoms with E-state index in [1.807, 2.05) is 13.0 Å². The van der Waals surface area contributed by atoms with Gasteiger partial charge in [-0.1, -0.05) is 56.6 Å². The van der Waals surface area contributed by atoms with Gasteiger partial charge in [-0.05, 0) is 65.9 Å². The number of aliphatic hydroxyl groups excluding tert-OH is 1. The first-order chi connectivity index (χ1) is 17.6. The van der Waals surface area contributed by atoms with Crippen LogP contribution in [0, 0.1) is 0 Å². The Morgan fingerprint density at radius 2 is 1.76 bits per heavy atom. The van der Waals surface area contributed by atoms with E-state index in [-0.39, 0.29) is 16.7 Å². The number of halogens is 1. The number of ketones is 1. The zero-order chi connectivity index (χ0) is 26.9. The van der Waals surface area contributed by atoms with Crippen LogP contribution in [0.3, 0.4) is 0 Å². The van der Waals surface area contributed by atoms with E-state index in [1.165, 1.54) is 12.0 Å². The average Bonchev–Trinajstić information content (AvgIpc) is 3.13. The van der Waals surface area contributed by atoms with E-state index in [4.69, 9.17) is 21.1 Å². The van der Waals surface area contributed by atoms with Gasteiger partial charge in [0, 0.05) is 10.7 Å². The van der Waals surface area contributed by atoms with Crippen LogP contribution in [0.2, 0.25) is 5.02 Å². The Labute approximate surface area is 222 Å². The van der Waals surface area contributed by atoms with Crippen molar-refractivity contribution in [3.05, 3.63) is 94.0 Å². The number of methoxy groups -OCH3 is 1. The first-order valence-electron chi connectivity index (χ1n) is 12.0. The van der Waals surface area contributed by atoms with Gasteiger partial charge in [-0.25, -0.2) is 0 Å². The smallest absolute Gasteiger partial charge is 0.300 e. The summed E-state index contributed by atoms with van der Waals surface area (Å²) in [5, 5.41) is 12.1. The number of amides is 1. The first kappa shape index (κ1) is 26.3. The van der Waals surface area contributed by atoms with Crippen LogP contribution in [-0.2, 0) is 15.0 Å². The minimum absolute atomic E-state index is 0.0389. The molecule has 1 aliphatic heterocycles. The van der Waals surface area contributed by atoms with E-state index >= 15 is 0 Å². The lowest BCUT2D eigenvalue weighted by molar-refractivity contribution is -0.132. The van der Waals surface area contributed by atoms with Crippen molar-refractivity contribution in [3.8, 4) is 11.5 Å². The van der Waals surface area contributed by atoms with Gasteiger partial charge >= 0.3 is 0 Å². The number of anilines is 1. The molecule has 4 rings (SSSR count). The Morgan fingerprint density at radius 1 is 1.03 bits per heavy atom. The van der Waals surface area contributed by atoms with Crippen molar-refractivity contribution < 1.29 is 24.2 Å². The zero-order valence-electron chi connectivity index (χ0n) is 21.5. The number of nitrogens with zero attached hydrogens (tertiary/aromatic N) is 1. The molecule has 3 aromatic carbocycles. The topological polar surface area (TPSA) is 76.1 Å². The molecule has 3 aromatic rings. The molecule has 1 saturated heterocycles. The maximum absolute atomic E-state index is 13.6.